The summed E-state index contributed by atoms with van der Waals surface area (Å²) in [4.78, 5) is 22.8. The summed E-state index contributed by atoms with van der Waals surface area (Å²) in [6.45, 7) is 3.25. The molecule has 1 aromatic heterocycles. The van der Waals surface area contributed by atoms with Gasteiger partial charge in [0.1, 0.15) is 0 Å². The van der Waals surface area contributed by atoms with Crippen molar-refractivity contribution in [1.29, 1.82) is 0 Å². The minimum atomic E-state index is -0.475. The molecule has 3 N–H and O–H groups in total. The smallest absolute Gasteiger partial charge is 0.297 e. The number of aromatic nitrogens is 4. The molecule has 0 aliphatic rings. The van der Waals surface area contributed by atoms with E-state index in [4.69, 9.17) is 0 Å². The van der Waals surface area contributed by atoms with Crippen LogP contribution in [-0.4, -0.2) is 32.4 Å². The van der Waals surface area contributed by atoms with E-state index in [0.717, 1.165) is 5.56 Å². The molecule has 2 aromatic rings. The molecule has 2 amide bonds. The summed E-state index contributed by atoms with van der Waals surface area (Å²) in [6.07, 6.45) is 0. The molecule has 0 saturated heterocycles. The monoisotopic (exact) mass is 260 g/mol. The number of aryl methyl sites for hydroxylation is 1. The molecular formula is C11H12N6O2. The molecule has 2 rings (SSSR count). The first-order valence-corrected chi connectivity index (χ1v) is 5.49. The van der Waals surface area contributed by atoms with E-state index < -0.39 is 5.91 Å². The van der Waals surface area contributed by atoms with Crippen molar-refractivity contribution in [2.24, 2.45) is 0 Å². The molecular weight excluding hydrogens is 248 g/mol. The fraction of sp³-hybridized carbons (Fsp3) is 0.182. The van der Waals surface area contributed by atoms with E-state index >= 15 is 0 Å². The van der Waals surface area contributed by atoms with Gasteiger partial charge in [0, 0.05) is 18.3 Å². The molecule has 19 heavy (non-hydrogen) atoms. The van der Waals surface area contributed by atoms with Crippen molar-refractivity contribution >= 4 is 23.2 Å². The lowest BCUT2D eigenvalue weighted by molar-refractivity contribution is -0.114. The molecule has 0 saturated carbocycles. The van der Waals surface area contributed by atoms with Crippen molar-refractivity contribution in [3.8, 4) is 0 Å². The highest BCUT2D eigenvalue weighted by Crippen LogP contribution is 2.20. The lowest BCUT2D eigenvalue weighted by Crippen LogP contribution is -2.15. The maximum atomic E-state index is 11.8. The van der Waals surface area contributed by atoms with Gasteiger partial charge in [0.05, 0.1) is 0 Å². The topological polar surface area (TPSA) is 113 Å². The lowest BCUT2D eigenvalue weighted by Gasteiger charge is -2.09. The van der Waals surface area contributed by atoms with Gasteiger partial charge in [-0.15, -0.1) is 10.2 Å². The number of tetrazole rings is 1. The average molecular weight is 260 g/mol. The summed E-state index contributed by atoms with van der Waals surface area (Å²) in [6, 6.07) is 5.20. The highest BCUT2D eigenvalue weighted by Gasteiger charge is 2.12. The number of benzene rings is 1. The Hall–Kier alpha value is -2.77. The van der Waals surface area contributed by atoms with Crippen LogP contribution in [-0.2, 0) is 4.79 Å². The largest absolute Gasteiger partial charge is 0.326 e. The third-order valence-electron chi connectivity index (χ3n) is 2.35. The third-order valence-corrected chi connectivity index (χ3v) is 2.35. The van der Waals surface area contributed by atoms with Crippen LogP contribution in [0.3, 0.4) is 0 Å². The number of carbonyl (C=O) groups is 2. The molecule has 0 aliphatic heterocycles. The van der Waals surface area contributed by atoms with Gasteiger partial charge in [-0.25, -0.2) is 0 Å². The first-order chi connectivity index (χ1) is 9.06. The first kappa shape index (κ1) is 12.7. The van der Waals surface area contributed by atoms with Crippen molar-refractivity contribution in [2.75, 3.05) is 10.6 Å². The van der Waals surface area contributed by atoms with Gasteiger partial charge in [-0.05, 0) is 29.8 Å². The summed E-state index contributed by atoms with van der Waals surface area (Å²) in [5.74, 6) is -0.708. The summed E-state index contributed by atoms with van der Waals surface area (Å²) in [5.41, 5.74) is 2.02. The number of aromatic amines is 1. The van der Waals surface area contributed by atoms with Crippen LogP contribution in [0.25, 0.3) is 0 Å². The Morgan fingerprint density at radius 2 is 2.05 bits per heavy atom. The Morgan fingerprint density at radius 3 is 2.68 bits per heavy atom. The highest BCUT2D eigenvalue weighted by atomic mass is 16.2. The maximum Gasteiger partial charge on any atom is 0.297 e. The molecule has 0 fully saturated rings. The highest BCUT2D eigenvalue weighted by molar-refractivity contribution is 6.02. The minimum absolute atomic E-state index is 0.0515. The number of hydrogen-bond donors (Lipinski definition) is 3. The number of anilines is 2. The maximum absolute atomic E-state index is 11.8. The number of hydrogen-bond acceptors (Lipinski definition) is 5. The lowest BCUT2D eigenvalue weighted by atomic mass is 10.1. The Balaban J connectivity index is 2.19. The van der Waals surface area contributed by atoms with Gasteiger partial charge in [0.2, 0.25) is 5.91 Å². The summed E-state index contributed by atoms with van der Waals surface area (Å²) >= 11 is 0. The fourth-order valence-electron chi connectivity index (χ4n) is 1.47. The van der Waals surface area contributed by atoms with Crippen LogP contribution in [0, 0.1) is 6.92 Å². The number of nitrogens with zero attached hydrogens (tertiary/aromatic N) is 3. The molecule has 0 radical (unpaired) electrons. The van der Waals surface area contributed by atoms with Crippen LogP contribution in [0.15, 0.2) is 18.2 Å². The quantitative estimate of drug-likeness (QED) is 0.752. The summed E-state index contributed by atoms with van der Waals surface area (Å²) in [5, 5.41) is 18.0. The zero-order chi connectivity index (χ0) is 13.8. The Bertz CT molecular complexity index is 608. The van der Waals surface area contributed by atoms with E-state index in [1.807, 2.05) is 6.92 Å². The predicted octanol–water partition coefficient (Wildman–Crippen LogP) is 0.719. The van der Waals surface area contributed by atoms with E-state index in [1.165, 1.54) is 6.92 Å². The Labute approximate surface area is 108 Å². The predicted molar refractivity (Wildman–Crippen MR) is 67.6 cm³/mol. The van der Waals surface area contributed by atoms with Crippen LogP contribution >= 0.6 is 0 Å². The molecule has 1 heterocycles. The number of nitrogens with one attached hydrogen (secondary N) is 3. The second kappa shape index (κ2) is 5.25. The molecule has 8 heteroatoms. The van der Waals surface area contributed by atoms with Gasteiger partial charge in [0.25, 0.3) is 11.7 Å². The Kier molecular flexibility index (Phi) is 3.51. The Morgan fingerprint density at radius 1 is 1.26 bits per heavy atom. The van der Waals surface area contributed by atoms with Crippen molar-refractivity contribution in [2.45, 2.75) is 13.8 Å². The first-order valence-electron chi connectivity index (χ1n) is 5.49. The fourth-order valence-corrected chi connectivity index (χ4v) is 1.47. The van der Waals surface area contributed by atoms with Gasteiger partial charge < -0.3 is 10.6 Å². The van der Waals surface area contributed by atoms with Crippen molar-refractivity contribution in [3.05, 3.63) is 29.6 Å². The SMILES string of the molecule is CC(=O)Nc1ccc(C)c(NC(=O)c2nn[nH]n2)c1. The zero-order valence-electron chi connectivity index (χ0n) is 10.4. The number of rotatable bonds is 3. The average Bonchev–Trinajstić information content (AvgIpc) is 2.86. The van der Waals surface area contributed by atoms with Crippen LogP contribution in [0.2, 0.25) is 0 Å². The van der Waals surface area contributed by atoms with E-state index in [1.54, 1.807) is 18.2 Å². The van der Waals surface area contributed by atoms with Crippen LogP contribution < -0.4 is 10.6 Å². The molecule has 1 aromatic carbocycles. The summed E-state index contributed by atoms with van der Waals surface area (Å²) in [7, 11) is 0. The van der Waals surface area contributed by atoms with Gasteiger partial charge in [-0.2, -0.15) is 5.21 Å². The van der Waals surface area contributed by atoms with E-state index in [-0.39, 0.29) is 11.7 Å². The normalized spacial score (nSPS) is 10.0. The van der Waals surface area contributed by atoms with Gasteiger partial charge in [-0.1, -0.05) is 6.07 Å². The van der Waals surface area contributed by atoms with Crippen molar-refractivity contribution in [1.82, 2.24) is 20.6 Å². The second-order valence-electron chi connectivity index (χ2n) is 3.90. The van der Waals surface area contributed by atoms with Gasteiger partial charge in [0.15, 0.2) is 0 Å². The van der Waals surface area contributed by atoms with E-state index in [2.05, 4.69) is 31.3 Å². The molecule has 0 bridgehead atoms. The minimum Gasteiger partial charge on any atom is -0.326 e. The van der Waals surface area contributed by atoms with Crippen LogP contribution in [0.1, 0.15) is 23.1 Å². The second-order valence-corrected chi connectivity index (χ2v) is 3.90. The molecule has 98 valence electrons. The van der Waals surface area contributed by atoms with E-state index in [0.29, 0.717) is 11.4 Å². The zero-order valence-corrected chi connectivity index (χ0v) is 10.4. The molecule has 0 aliphatic carbocycles. The summed E-state index contributed by atoms with van der Waals surface area (Å²) < 4.78 is 0. The van der Waals surface area contributed by atoms with E-state index in [9.17, 15) is 9.59 Å². The number of carbonyl (C=O) groups excluding carboxylic acids is 2. The standard InChI is InChI=1S/C11H12N6O2/c1-6-3-4-8(12-7(2)18)5-9(6)13-11(19)10-14-16-17-15-10/h3-5H,1-2H3,(H,12,18)(H,13,19)(H,14,15,16,17). The van der Waals surface area contributed by atoms with Crippen LogP contribution in [0.4, 0.5) is 11.4 Å². The number of H-pyrrole nitrogens is 1. The van der Waals surface area contributed by atoms with Gasteiger partial charge >= 0.3 is 0 Å². The molecule has 8 nitrogen and oxygen atoms in total. The van der Waals surface area contributed by atoms with Crippen molar-refractivity contribution in [3.63, 3.8) is 0 Å². The molecule has 0 atom stereocenters. The number of amides is 2. The van der Waals surface area contributed by atoms with Gasteiger partial charge in [-0.3, -0.25) is 9.59 Å². The third kappa shape index (κ3) is 3.12. The van der Waals surface area contributed by atoms with Crippen LogP contribution in [0.5, 0.6) is 0 Å². The van der Waals surface area contributed by atoms with Crippen molar-refractivity contribution < 1.29 is 9.59 Å². The molecule has 0 spiro atoms. The molecule has 0 unspecified atom stereocenters.